The van der Waals surface area contributed by atoms with E-state index in [0.29, 0.717) is 0 Å². The van der Waals surface area contributed by atoms with Crippen molar-refractivity contribution >= 4 is 0 Å². The number of hydrogen-bond acceptors (Lipinski definition) is 3. The average molecular weight is 272 g/mol. The predicted octanol–water partition coefficient (Wildman–Crippen LogP) is 3.79. The molecule has 3 heteroatoms. The second-order valence-electron chi connectivity index (χ2n) is 5.16. The summed E-state index contributed by atoms with van der Waals surface area (Å²) in [5.74, 6) is 0. The first kappa shape index (κ1) is 18.5. The van der Waals surface area contributed by atoms with Crippen molar-refractivity contribution in [2.24, 2.45) is 0 Å². The third-order valence-electron chi connectivity index (χ3n) is 3.17. The van der Waals surface area contributed by atoms with E-state index in [9.17, 15) is 0 Å². The highest BCUT2D eigenvalue weighted by atomic mass is 16.5. The second-order valence-corrected chi connectivity index (χ2v) is 5.16. The average Bonchev–Trinajstić information content (AvgIpc) is 2.43. The third-order valence-corrected chi connectivity index (χ3v) is 3.17. The van der Waals surface area contributed by atoms with E-state index in [4.69, 9.17) is 14.9 Å². The number of aliphatic hydroxyl groups excluding tert-OH is 2. The number of rotatable bonds is 14. The molecule has 3 nitrogen and oxygen atoms in total. The van der Waals surface area contributed by atoms with Gasteiger partial charge in [0.1, 0.15) is 12.7 Å². The molecule has 0 saturated carbocycles. The van der Waals surface area contributed by atoms with Crippen LogP contribution in [0.5, 0.6) is 0 Å². The minimum atomic E-state index is -0.766. The Hall–Kier alpha value is -0.540. The lowest BCUT2D eigenvalue weighted by molar-refractivity contribution is 0.0383. The molecule has 0 saturated heterocycles. The molecule has 0 radical (unpaired) electrons. The Bertz CT molecular complexity index is 192. The second kappa shape index (κ2) is 15.5. The van der Waals surface area contributed by atoms with E-state index in [1.54, 1.807) is 6.26 Å². The summed E-state index contributed by atoms with van der Waals surface area (Å²) in [5.41, 5.74) is 0. The van der Waals surface area contributed by atoms with Gasteiger partial charge in [0.15, 0.2) is 0 Å². The van der Waals surface area contributed by atoms with Crippen molar-refractivity contribution in [3.05, 3.63) is 12.3 Å². The highest BCUT2D eigenvalue weighted by Crippen LogP contribution is 2.10. The lowest BCUT2D eigenvalue weighted by atomic mass is 10.1. The molecule has 2 N–H and O–H groups in total. The molecular formula is C16H32O3. The largest absolute Gasteiger partial charge is 0.499 e. The van der Waals surface area contributed by atoms with Gasteiger partial charge in [0, 0.05) is 0 Å². The maximum atomic E-state index is 9.03. The quantitative estimate of drug-likeness (QED) is 0.373. The van der Waals surface area contributed by atoms with Crippen LogP contribution in [0.1, 0.15) is 71.1 Å². The van der Waals surface area contributed by atoms with Crippen LogP contribution < -0.4 is 0 Å². The molecule has 1 unspecified atom stereocenters. The highest BCUT2D eigenvalue weighted by molar-refractivity contribution is 4.73. The van der Waals surface area contributed by atoms with Crippen molar-refractivity contribution in [2.45, 2.75) is 77.2 Å². The fraction of sp³-hybridized carbons (Fsp3) is 0.875. The number of aliphatic hydroxyl groups is 2. The zero-order chi connectivity index (χ0) is 14.2. The summed E-state index contributed by atoms with van der Waals surface area (Å²) >= 11 is 0. The topological polar surface area (TPSA) is 49.7 Å². The predicted molar refractivity (Wildman–Crippen MR) is 80.0 cm³/mol. The highest BCUT2D eigenvalue weighted by Gasteiger charge is 1.98. The Labute approximate surface area is 118 Å². The van der Waals surface area contributed by atoms with Crippen molar-refractivity contribution in [3.8, 4) is 0 Å². The van der Waals surface area contributed by atoms with E-state index in [2.05, 4.69) is 6.92 Å². The van der Waals surface area contributed by atoms with Crippen LogP contribution in [-0.4, -0.2) is 29.5 Å². The van der Waals surface area contributed by atoms with E-state index in [-0.39, 0.29) is 13.2 Å². The molecule has 0 aromatic carbocycles. The van der Waals surface area contributed by atoms with Gasteiger partial charge in [-0.05, 0) is 18.9 Å². The summed E-state index contributed by atoms with van der Waals surface area (Å²) in [6.07, 6.45) is 16.0. The van der Waals surface area contributed by atoms with Crippen LogP contribution in [0.25, 0.3) is 0 Å². The third kappa shape index (κ3) is 15.4. The lowest BCUT2D eigenvalue weighted by Gasteiger charge is -2.05. The molecule has 0 rings (SSSR count). The van der Waals surface area contributed by atoms with Crippen molar-refractivity contribution < 1.29 is 14.9 Å². The van der Waals surface area contributed by atoms with Gasteiger partial charge in [0.05, 0.1) is 12.9 Å². The van der Waals surface area contributed by atoms with Crippen LogP contribution in [0.2, 0.25) is 0 Å². The zero-order valence-electron chi connectivity index (χ0n) is 12.5. The first-order valence-corrected chi connectivity index (χ1v) is 7.86. The molecule has 0 aromatic heterocycles. The lowest BCUT2D eigenvalue weighted by Crippen LogP contribution is -2.17. The van der Waals surface area contributed by atoms with Gasteiger partial charge in [-0.1, -0.05) is 58.3 Å². The van der Waals surface area contributed by atoms with Crippen LogP contribution >= 0.6 is 0 Å². The molecule has 0 aliphatic carbocycles. The molecule has 0 spiro atoms. The Kier molecular flexibility index (Phi) is 15.1. The number of allylic oxidation sites excluding steroid dienone is 1. The molecule has 0 amide bonds. The van der Waals surface area contributed by atoms with Gasteiger partial charge in [0.25, 0.3) is 0 Å². The summed E-state index contributed by atoms with van der Waals surface area (Å²) < 4.78 is 5.08. The van der Waals surface area contributed by atoms with Crippen LogP contribution in [0.3, 0.4) is 0 Å². The van der Waals surface area contributed by atoms with Crippen LogP contribution in [0, 0.1) is 0 Å². The van der Waals surface area contributed by atoms with Crippen molar-refractivity contribution in [1.82, 2.24) is 0 Å². The summed E-state index contributed by atoms with van der Waals surface area (Å²) in [5, 5.41) is 17.6. The van der Waals surface area contributed by atoms with Gasteiger partial charge in [-0.3, -0.25) is 0 Å². The standard InChI is InChI=1S/C16H32O3/c1-2-3-4-5-6-7-8-9-10-11-12-13-19-15-16(18)14-17/h12-13,16-18H,2-11,14-15H2,1H3. The van der Waals surface area contributed by atoms with Gasteiger partial charge >= 0.3 is 0 Å². The van der Waals surface area contributed by atoms with E-state index in [1.165, 1.54) is 57.8 Å². The van der Waals surface area contributed by atoms with Crippen LogP contribution in [0.4, 0.5) is 0 Å². The summed E-state index contributed by atoms with van der Waals surface area (Å²) in [4.78, 5) is 0. The first-order valence-electron chi connectivity index (χ1n) is 7.86. The Morgan fingerprint density at radius 1 is 0.947 bits per heavy atom. The molecule has 0 aliphatic rings. The van der Waals surface area contributed by atoms with Gasteiger partial charge in [-0.25, -0.2) is 0 Å². The molecule has 19 heavy (non-hydrogen) atoms. The van der Waals surface area contributed by atoms with E-state index >= 15 is 0 Å². The number of unbranched alkanes of at least 4 members (excludes halogenated alkanes) is 9. The summed E-state index contributed by atoms with van der Waals surface area (Å²) in [7, 11) is 0. The minimum Gasteiger partial charge on any atom is -0.499 e. The zero-order valence-corrected chi connectivity index (χ0v) is 12.5. The SMILES string of the molecule is CCCCCCCCCCCC=COCC(O)CO. The molecule has 0 bridgehead atoms. The molecular weight excluding hydrogens is 240 g/mol. The van der Waals surface area contributed by atoms with Crippen molar-refractivity contribution in [3.63, 3.8) is 0 Å². The number of hydrogen-bond donors (Lipinski definition) is 2. The van der Waals surface area contributed by atoms with Gasteiger partial charge in [-0.15, -0.1) is 0 Å². The maximum absolute atomic E-state index is 9.03. The van der Waals surface area contributed by atoms with E-state index < -0.39 is 6.10 Å². The molecule has 0 aromatic rings. The Morgan fingerprint density at radius 3 is 2.11 bits per heavy atom. The summed E-state index contributed by atoms with van der Waals surface area (Å²) in [6.45, 7) is 2.18. The Balaban J connectivity index is 3.07. The maximum Gasteiger partial charge on any atom is 0.115 e. The van der Waals surface area contributed by atoms with E-state index in [1.807, 2.05) is 6.08 Å². The van der Waals surface area contributed by atoms with Crippen LogP contribution in [-0.2, 0) is 4.74 Å². The van der Waals surface area contributed by atoms with E-state index in [0.717, 1.165) is 6.42 Å². The van der Waals surface area contributed by atoms with Gasteiger partial charge in [-0.2, -0.15) is 0 Å². The monoisotopic (exact) mass is 272 g/mol. The molecule has 1 atom stereocenters. The fourth-order valence-electron chi connectivity index (χ4n) is 1.93. The van der Waals surface area contributed by atoms with Gasteiger partial charge < -0.3 is 14.9 Å². The summed E-state index contributed by atoms with van der Waals surface area (Å²) in [6, 6.07) is 0. The molecule has 0 aliphatic heterocycles. The van der Waals surface area contributed by atoms with Gasteiger partial charge in [0.2, 0.25) is 0 Å². The van der Waals surface area contributed by atoms with Crippen molar-refractivity contribution in [2.75, 3.05) is 13.2 Å². The van der Waals surface area contributed by atoms with Crippen molar-refractivity contribution in [1.29, 1.82) is 0 Å². The molecule has 0 heterocycles. The molecule has 114 valence electrons. The fourth-order valence-corrected chi connectivity index (χ4v) is 1.93. The smallest absolute Gasteiger partial charge is 0.115 e. The minimum absolute atomic E-state index is 0.171. The Morgan fingerprint density at radius 2 is 1.53 bits per heavy atom. The molecule has 0 fully saturated rings. The first-order chi connectivity index (χ1) is 9.31. The normalized spacial score (nSPS) is 13.0. The number of ether oxygens (including phenoxy) is 1. The van der Waals surface area contributed by atoms with Crippen LogP contribution in [0.15, 0.2) is 12.3 Å².